The molecule has 1 aromatic rings. The Hall–Kier alpha value is -1.32. The fraction of sp³-hybridized carbons (Fsp3) is 0.733. The van der Waals surface area contributed by atoms with Gasteiger partial charge in [-0.2, -0.15) is 0 Å². The molecular weight excluding hydrogens is 236 g/mol. The maximum atomic E-state index is 4.32. The zero-order chi connectivity index (χ0) is 13.1. The summed E-state index contributed by atoms with van der Waals surface area (Å²) in [5.74, 6) is 4.73. The van der Waals surface area contributed by atoms with Crippen molar-refractivity contribution < 1.29 is 0 Å². The van der Waals surface area contributed by atoms with Crippen molar-refractivity contribution in [2.24, 2.45) is 17.8 Å². The summed E-state index contributed by atoms with van der Waals surface area (Å²) >= 11 is 0. The van der Waals surface area contributed by atoms with Gasteiger partial charge in [-0.05, 0) is 49.9 Å². The van der Waals surface area contributed by atoms with Crippen molar-refractivity contribution in [2.45, 2.75) is 39.0 Å². The highest BCUT2D eigenvalue weighted by Gasteiger charge is 2.40. The third-order valence-corrected chi connectivity index (χ3v) is 4.20. The first-order valence-electron chi connectivity index (χ1n) is 7.66. The maximum Gasteiger partial charge on any atom is 0.131 e. The van der Waals surface area contributed by atoms with E-state index in [0.717, 1.165) is 48.9 Å². The zero-order valence-corrected chi connectivity index (χ0v) is 11.7. The fourth-order valence-corrected chi connectivity index (χ4v) is 2.79. The minimum atomic E-state index is 0.877. The third kappa shape index (κ3) is 3.58. The molecule has 2 aliphatic rings. The Morgan fingerprint density at radius 2 is 1.74 bits per heavy atom. The minimum absolute atomic E-state index is 0.877. The summed E-state index contributed by atoms with van der Waals surface area (Å²) in [5.41, 5.74) is 0. The topological polar surface area (TPSA) is 49.8 Å². The Morgan fingerprint density at radius 1 is 1.11 bits per heavy atom. The highest BCUT2D eigenvalue weighted by atomic mass is 15.1. The average Bonchev–Trinajstić information content (AvgIpc) is 3.29. The first-order valence-corrected chi connectivity index (χ1v) is 7.66. The number of nitrogens with zero attached hydrogens (tertiary/aromatic N) is 2. The smallest absolute Gasteiger partial charge is 0.131 e. The SMILES string of the molecule is CCCNc1cc(NCC(C2CC2)C2CC2)ncn1. The predicted molar refractivity (Wildman–Crippen MR) is 78.2 cm³/mol. The second kappa shape index (κ2) is 5.76. The van der Waals surface area contributed by atoms with Gasteiger partial charge in [0.2, 0.25) is 0 Å². The van der Waals surface area contributed by atoms with Crippen molar-refractivity contribution in [2.75, 3.05) is 23.7 Å². The van der Waals surface area contributed by atoms with Crippen LogP contribution in [0.15, 0.2) is 12.4 Å². The van der Waals surface area contributed by atoms with Gasteiger partial charge in [0.25, 0.3) is 0 Å². The number of rotatable bonds is 8. The van der Waals surface area contributed by atoms with Crippen molar-refractivity contribution in [1.29, 1.82) is 0 Å². The Labute approximate surface area is 115 Å². The quantitative estimate of drug-likeness (QED) is 0.754. The van der Waals surface area contributed by atoms with Gasteiger partial charge in [-0.3, -0.25) is 0 Å². The fourth-order valence-electron chi connectivity index (χ4n) is 2.79. The van der Waals surface area contributed by atoms with Gasteiger partial charge < -0.3 is 10.6 Å². The van der Waals surface area contributed by atoms with Gasteiger partial charge in [0, 0.05) is 19.2 Å². The van der Waals surface area contributed by atoms with E-state index >= 15 is 0 Å². The van der Waals surface area contributed by atoms with Crippen LogP contribution in [0.1, 0.15) is 39.0 Å². The molecule has 0 atom stereocenters. The molecule has 0 spiro atoms. The van der Waals surface area contributed by atoms with Crippen molar-refractivity contribution >= 4 is 11.6 Å². The molecule has 0 unspecified atom stereocenters. The van der Waals surface area contributed by atoms with E-state index in [2.05, 4.69) is 27.5 Å². The highest BCUT2D eigenvalue weighted by Crippen LogP contribution is 2.49. The lowest BCUT2D eigenvalue weighted by atomic mass is 9.98. The molecule has 104 valence electrons. The van der Waals surface area contributed by atoms with Crippen molar-refractivity contribution in [3.63, 3.8) is 0 Å². The molecule has 0 bridgehead atoms. The van der Waals surface area contributed by atoms with Crippen LogP contribution in [0.3, 0.4) is 0 Å². The number of aromatic nitrogens is 2. The van der Waals surface area contributed by atoms with Crippen LogP contribution in [-0.4, -0.2) is 23.1 Å². The molecule has 2 N–H and O–H groups in total. The predicted octanol–water partition coefficient (Wildman–Crippen LogP) is 3.15. The molecule has 2 aliphatic carbocycles. The van der Waals surface area contributed by atoms with Crippen molar-refractivity contribution in [1.82, 2.24) is 9.97 Å². The van der Waals surface area contributed by atoms with Gasteiger partial charge in [-0.1, -0.05) is 6.92 Å². The standard InChI is InChI=1S/C15H24N4/c1-2-7-16-14-8-15(19-10-18-14)17-9-13(11-3-4-11)12-5-6-12/h8,10-13H,2-7,9H2,1H3,(H2,16,17,18,19). The maximum absolute atomic E-state index is 4.32. The summed E-state index contributed by atoms with van der Waals surface area (Å²) in [6, 6.07) is 2.02. The molecular formula is C15H24N4. The molecule has 4 nitrogen and oxygen atoms in total. The van der Waals surface area contributed by atoms with E-state index in [4.69, 9.17) is 0 Å². The van der Waals surface area contributed by atoms with E-state index in [1.807, 2.05) is 6.07 Å². The Kier molecular flexibility index (Phi) is 3.85. The first kappa shape index (κ1) is 12.7. The number of hydrogen-bond acceptors (Lipinski definition) is 4. The van der Waals surface area contributed by atoms with E-state index in [1.165, 1.54) is 25.7 Å². The van der Waals surface area contributed by atoms with Crippen LogP contribution in [0.25, 0.3) is 0 Å². The lowest BCUT2D eigenvalue weighted by Crippen LogP contribution is -2.19. The second-order valence-corrected chi connectivity index (χ2v) is 5.93. The monoisotopic (exact) mass is 260 g/mol. The van der Waals surface area contributed by atoms with E-state index in [0.29, 0.717) is 0 Å². The second-order valence-electron chi connectivity index (χ2n) is 5.93. The highest BCUT2D eigenvalue weighted by molar-refractivity contribution is 5.46. The lowest BCUT2D eigenvalue weighted by Gasteiger charge is -2.16. The zero-order valence-electron chi connectivity index (χ0n) is 11.7. The summed E-state index contributed by atoms with van der Waals surface area (Å²) in [6.07, 6.45) is 8.51. The van der Waals surface area contributed by atoms with Gasteiger partial charge in [-0.15, -0.1) is 0 Å². The molecule has 0 radical (unpaired) electrons. The van der Waals surface area contributed by atoms with E-state index < -0.39 is 0 Å². The van der Waals surface area contributed by atoms with Gasteiger partial charge in [0.15, 0.2) is 0 Å². The van der Waals surface area contributed by atoms with Gasteiger partial charge in [0.05, 0.1) is 0 Å². The number of hydrogen-bond donors (Lipinski definition) is 2. The van der Waals surface area contributed by atoms with Crippen LogP contribution in [0.4, 0.5) is 11.6 Å². The van der Waals surface area contributed by atoms with E-state index in [1.54, 1.807) is 6.33 Å². The number of nitrogens with one attached hydrogen (secondary N) is 2. The van der Waals surface area contributed by atoms with Crippen molar-refractivity contribution in [3.8, 4) is 0 Å². The summed E-state index contributed by atoms with van der Waals surface area (Å²) in [7, 11) is 0. The molecule has 0 aliphatic heterocycles. The van der Waals surface area contributed by atoms with Crippen LogP contribution < -0.4 is 10.6 Å². The molecule has 0 amide bonds. The third-order valence-electron chi connectivity index (χ3n) is 4.20. The molecule has 4 heteroatoms. The molecule has 0 aromatic carbocycles. The molecule has 2 fully saturated rings. The lowest BCUT2D eigenvalue weighted by molar-refractivity contribution is 0.427. The normalized spacial score (nSPS) is 18.6. The van der Waals surface area contributed by atoms with Crippen LogP contribution in [0.5, 0.6) is 0 Å². The van der Waals surface area contributed by atoms with E-state index in [-0.39, 0.29) is 0 Å². The summed E-state index contributed by atoms with van der Waals surface area (Å²) < 4.78 is 0. The van der Waals surface area contributed by atoms with Gasteiger partial charge >= 0.3 is 0 Å². The molecule has 2 saturated carbocycles. The van der Waals surface area contributed by atoms with Crippen LogP contribution in [-0.2, 0) is 0 Å². The van der Waals surface area contributed by atoms with E-state index in [9.17, 15) is 0 Å². The van der Waals surface area contributed by atoms with Gasteiger partial charge in [-0.25, -0.2) is 9.97 Å². The summed E-state index contributed by atoms with van der Waals surface area (Å²) in [4.78, 5) is 8.55. The first-order chi connectivity index (χ1) is 9.36. The molecule has 3 rings (SSSR count). The summed E-state index contributed by atoms with van der Waals surface area (Å²) in [6.45, 7) is 4.20. The van der Waals surface area contributed by atoms with Crippen LogP contribution >= 0.6 is 0 Å². The molecule has 1 aromatic heterocycles. The molecule has 0 saturated heterocycles. The Bertz CT molecular complexity index is 400. The van der Waals surface area contributed by atoms with Crippen LogP contribution in [0.2, 0.25) is 0 Å². The van der Waals surface area contributed by atoms with Crippen molar-refractivity contribution in [3.05, 3.63) is 12.4 Å². The largest absolute Gasteiger partial charge is 0.370 e. The Morgan fingerprint density at radius 3 is 2.32 bits per heavy atom. The molecule has 19 heavy (non-hydrogen) atoms. The minimum Gasteiger partial charge on any atom is -0.370 e. The average molecular weight is 260 g/mol. The Balaban J connectivity index is 1.53. The van der Waals surface area contributed by atoms with Gasteiger partial charge in [0.1, 0.15) is 18.0 Å². The van der Waals surface area contributed by atoms with Crippen LogP contribution in [0, 0.1) is 17.8 Å². The summed E-state index contributed by atoms with van der Waals surface area (Å²) in [5, 5.41) is 6.81. The molecule has 1 heterocycles. The number of anilines is 2.